The molecule has 1 aromatic rings. The number of carbonyl (C=O) groups excluding carboxylic acids is 1. The third-order valence-corrected chi connectivity index (χ3v) is 1.62. The maximum absolute atomic E-state index is 11.0. The molecule has 0 bridgehead atoms. The van der Waals surface area contributed by atoms with Crippen molar-refractivity contribution in [2.45, 2.75) is 19.4 Å². The predicted molar refractivity (Wildman–Crippen MR) is 50.8 cm³/mol. The van der Waals surface area contributed by atoms with Gasteiger partial charge in [0.15, 0.2) is 0 Å². The maximum Gasteiger partial charge on any atom is 0.306 e. The predicted octanol–water partition coefficient (Wildman–Crippen LogP) is -0.654. The molecule has 0 atom stereocenters. The molecule has 0 spiro atoms. The number of ether oxygens (including phenoxy) is 1. The van der Waals surface area contributed by atoms with Gasteiger partial charge in [-0.2, -0.15) is 0 Å². The first-order chi connectivity index (χ1) is 6.33. The molecule has 1 aromatic carbocycles. The molecule has 0 unspecified atom stereocenters. The van der Waals surface area contributed by atoms with E-state index in [0.717, 1.165) is 5.56 Å². The Hall–Kier alpha value is 0.0434. The number of hydrogen-bond acceptors (Lipinski definition) is 2. The molecule has 0 aromatic heterocycles. The van der Waals surface area contributed by atoms with E-state index in [-0.39, 0.29) is 49.4 Å². The van der Waals surface area contributed by atoms with Gasteiger partial charge < -0.3 is 28.7 Å². The van der Waals surface area contributed by atoms with E-state index in [4.69, 9.17) is 4.74 Å². The zero-order valence-corrected chi connectivity index (χ0v) is 13.7. The summed E-state index contributed by atoms with van der Waals surface area (Å²) < 4.78 is 4.99. The van der Waals surface area contributed by atoms with Crippen molar-refractivity contribution in [1.82, 2.24) is 0 Å². The van der Waals surface area contributed by atoms with E-state index in [1.54, 1.807) is 0 Å². The Morgan fingerprint density at radius 3 is 2.40 bits per heavy atom. The molecule has 0 saturated carbocycles. The normalized spacial score (nSPS) is 8.33. The van der Waals surface area contributed by atoms with Crippen molar-refractivity contribution in [2.75, 3.05) is 0 Å². The van der Waals surface area contributed by atoms with E-state index < -0.39 is 0 Å². The summed E-state index contributed by atoms with van der Waals surface area (Å²) in [5.41, 5.74) is 1.01. The number of esters is 1. The van der Waals surface area contributed by atoms with E-state index in [9.17, 15) is 4.79 Å². The van der Waals surface area contributed by atoms with Gasteiger partial charge in [0.25, 0.3) is 0 Å². The molecule has 0 aliphatic rings. The largest absolute Gasteiger partial charge is 1.00 e. The third kappa shape index (κ3) is 7.91. The SMILES string of the molecule is [CH2]CCC(=O)OCc1ccccc1.[I-].[Zn]. The first-order valence-corrected chi connectivity index (χ1v) is 4.31. The van der Waals surface area contributed by atoms with Gasteiger partial charge in [-0.25, -0.2) is 0 Å². The number of halogens is 1. The Labute approximate surface area is 121 Å². The standard InChI is InChI=1S/C11H13O2.HI.Zn/c1-2-6-11(12)13-9-10-7-4-3-5-8-10;;/h3-5,7-8H,1-2,6,9H2;1H;/p-1. The first-order valence-electron chi connectivity index (χ1n) is 4.31. The van der Waals surface area contributed by atoms with Crippen molar-refractivity contribution in [3.63, 3.8) is 0 Å². The molecule has 0 amide bonds. The van der Waals surface area contributed by atoms with Gasteiger partial charge in [0.2, 0.25) is 0 Å². The minimum Gasteiger partial charge on any atom is -1.00 e. The molecule has 0 heterocycles. The van der Waals surface area contributed by atoms with Crippen LogP contribution in [0.2, 0.25) is 0 Å². The second kappa shape index (κ2) is 10.6. The molecular weight excluding hydrogens is 356 g/mol. The van der Waals surface area contributed by atoms with Gasteiger partial charge >= 0.3 is 5.97 Å². The zero-order chi connectivity index (χ0) is 9.52. The Morgan fingerprint density at radius 2 is 1.87 bits per heavy atom. The molecule has 0 saturated heterocycles. The summed E-state index contributed by atoms with van der Waals surface area (Å²) in [6, 6.07) is 9.63. The van der Waals surface area contributed by atoms with Gasteiger partial charge in [-0.1, -0.05) is 37.3 Å². The van der Waals surface area contributed by atoms with Crippen LogP contribution in [0.3, 0.4) is 0 Å². The van der Waals surface area contributed by atoms with Crippen molar-refractivity contribution in [1.29, 1.82) is 0 Å². The quantitative estimate of drug-likeness (QED) is 0.400. The molecule has 0 aliphatic carbocycles. The van der Waals surface area contributed by atoms with E-state index >= 15 is 0 Å². The monoisotopic (exact) mass is 368 g/mol. The van der Waals surface area contributed by atoms with Crippen LogP contribution in [0.1, 0.15) is 18.4 Å². The summed E-state index contributed by atoms with van der Waals surface area (Å²) in [5.74, 6) is -0.182. The fraction of sp³-hybridized carbons (Fsp3) is 0.273. The number of hydrogen-bond donors (Lipinski definition) is 0. The van der Waals surface area contributed by atoms with Crippen LogP contribution < -0.4 is 24.0 Å². The van der Waals surface area contributed by atoms with Crippen LogP contribution in [0.5, 0.6) is 0 Å². The first kappa shape index (κ1) is 17.4. The summed E-state index contributed by atoms with van der Waals surface area (Å²) in [5, 5.41) is 0. The number of benzene rings is 1. The average molecular weight is 370 g/mol. The molecular formula is C11H13IO2Zn-. The average Bonchev–Trinajstić information content (AvgIpc) is 2.17. The Kier molecular flexibility index (Phi) is 12.3. The van der Waals surface area contributed by atoms with Crippen molar-refractivity contribution in [3.05, 3.63) is 42.8 Å². The molecule has 1 radical (unpaired) electrons. The molecule has 4 heteroatoms. The molecule has 0 N–H and O–H groups in total. The van der Waals surface area contributed by atoms with Crippen molar-refractivity contribution < 1.29 is 53.0 Å². The topological polar surface area (TPSA) is 26.3 Å². The van der Waals surface area contributed by atoms with Crippen LogP contribution in [0.25, 0.3) is 0 Å². The smallest absolute Gasteiger partial charge is 0.306 e. The van der Waals surface area contributed by atoms with E-state index in [1.807, 2.05) is 30.3 Å². The third-order valence-electron chi connectivity index (χ3n) is 1.62. The summed E-state index contributed by atoms with van der Waals surface area (Å²) in [7, 11) is 0. The molecule has 1 rings (SSSR count). The Bertz CT molecular complexity index is 265. The van der Waals surface area contributed by atoms with Crippen LogP contribution in [0.15, 0.2) is 30.3 Å². The minimum atomic E-state index is -0.182. The van der Waals surface area contributed by atoms with E-state index in [2.05, 4.69) is 6.92 Å². The molecule has 0 fully saturated rings. The molecule has 0 aliphatic heterocycles. The van der Waals surface area contributed by atoms with Crippen LogP contribution in [0.4, 0.5) is 0 Å². The van der Waals surface area contributed by atoms with Gasteiger partial charge in [-0.05, 0) is 12.0 Å². The van der Waals surface area contributed by atoms with Crippen LogP contribution in [-0.4, -0.2) is 5.97 Å². The molecule has 15 heavy (non-hydrogen) atoms. The number of rotatable bonds is 4. The van der Waals surface area contributed by atoms with E-state index in [0.29, 0.717) is 19.4 Å². The number of carbonyl (C=O) groups is 1. The van der Waals surface area contributed by atoms with Gasteiger partial charge in [0.1, 0.15) is 6.61 Å². The van der Waals surface area contributed by atoms with Crippen molar-refractivity contribution in [3.8, 4) is 0 Å². The van der Waals surface area contributed by atoms with Crippen molar-refractivity contribution >= 4 is 5.97 Å². The molecule has 79 valence electrons. The zero-order valence-electron chi connectivity index (χ0n) is 8.62. The fourth-order valence-corrected chi connectivity index (χ4v) is 0.955. The second-order valence-electron chi connectivity index (χ2n) is 2.75. The van der Waals surface area contributed by atoms with E-state index in [1.165, 1.54) is 0 Å². The summed E-state index contributed by atoms with van der Waals surface area (Å²) in [6.07, 6.45) is 0.987. The Morgan fingerprint density at radius 1 is 1.27 bits per heavy atom. The molecule has 2 nitrogen and oxygen atoms in total. The van der Waals surface area contributed by atoms with Gasteiger partial charge in [0, 0.05) is 25.9 Å². The Balaban J connectivity index is 0. The second-order valence-corrected chi connectivity index (χ2v) is 2.75. The minimum absolute atomic E-state index is 0. The summed E-state index contributed by atoms with van der Waals surface area (Å²) >= 11 is 0. The van der Waals surface area contributed by atoms with Crippen LogP contribution in [-0.2, 0) is 35.6 Å². The van der Waals surface area contributed by atoms with Gasteiger partial charge in [0.05, 0.1) is 0 Å². The fourth-order valence-electron chi connectivity index (χ4n) is 0.955. The summed E-state index contributed by atoms with van der Waals surface area (Å²) in [6.45, 7) is 3.94. The van der Waals surface area contributed by atoms with Crippen LogP contribution >= 0.6 is 0 Å². The maximum atomic E-state index is 11.0. The van der Waals surface area contributed by atoms with Gasteiger partial charge in [-0.3, -0.25) is 4.79 Å². The van der Waals surface area contributed by atoms with Crippen LogP contribution in [0, 0.1) is 6.92 Å². The van der Waals surface area contributed by atoms with Crippen molar-refractivity contribution in [2.24, 2.45) is 0 Å². The van der Waals surface area contributed by atoms with Gasteiger partial charge in [-0.15, -0.1) is 0 Å². The summed E-state index contributed by atoms with van der Waals surface area (Å²) in [4.78, 5) is 11.0.